The molecular formula is C10H6N2O3. The van der Waals surface area contributed by atoms with Gasteiger partial charge in [-0.1, -0.05) is 0 Å². The summed E-state index contributed by atoms with van der Waals surface area (Å²) in [5.41, 5.74) is -0.506. The number of hydrogen-bond acceptors (Lipinski definition) is 5. The van der Waals surface area contributed by atoms with Crippen LogP contribution in [0.4, 0.5) is 0 Å². The van der Waals surface area contributed by atoms with Crippen molar-refractivity contribution in [3.05, 3.63) is 33.9 Å². The minimum absolute atomic E-state index is 0.0719. The lowest BCUT2D eigenvalue weighted by Crippen LogP contribution is -2.03. The largest absolute Gasteiger partial charge is 0.490 e. The van der Waals surface area contributed by atoms with E-state index in [0.29, 0.717) is 0 Å². The molecule has 0 fully saturated rings. The molecule has 0 radical (unpaired) electrons. The fourth-order valence-electron chi connectivity index (χ4n) is 0.870. The maximum Gasteiger partial charge on any atom is 0.227 e. The Bertz CT molecular complexity index is 513. The van der Waals surface area contributed by atoms with Crippen LogP contribution in [0.3, 0.4) is 0 Å². The van der Waals surface area contributed by atoms with Gasteiger partial charge in [0.05, 0.1) is 7.11 Å². The Morgan fingerprint density at radius 3 is 2.67 bits per heavy atom. The van der Waals surface area contributed by atoms with Crippen LogP contribution in [0.15, 0.2) is 27.1 Å². The first-order chi connectivity index (χ1) is 7.21. The van der Waals surface area contributed by atoms with Crippen molar-refractivity contribution in [1.29, 1.82) is 10.5 Å². The summed E-state index contributed by atoms with van der Waals surface area (Å²) in [5, 5.41) is 16.9. The molecule has 5 nitrogen and oxygen atoms in total. The van der Waals surface area contributed by atoms with Crippen molar-refractivity contribution in [3.63, 3.8) is 0 Å². The maximum atomic E-state index is 11.2. The lowest BCUT2D eigenvalue weighted by molar-refractivity contribution is 0.385. The summed E-state index contributed by atoms with van der Waals surface area (Å²) in [4.78, 5) is 11.2. The minimum atomic E-state index is -0.370. The molecule has 74 valence electrons. The Morgan fingerprint density at radius 2 is 2.20 bits per heavy atom. The summed E-state index contributed by atoms with van der Waals surface area (Å²) in [5.74, 6) is 0.210. The molecule has 1 aromatic rings. The first-order valence-electron chi connectivity index (χ1n) is 3.90. The van der Waals surface area contributed by atoms with Crippen molar-refractivity contribution in [2.75, 3.05) is 7.11 Å². The highest BCUT2D eigenvalue weighted by Gasteiger charge is 2.02. The van der Waals surface area contributed by atoms with Crippen molar-refractivity contribution in [2.24, 2.45) is 0 Å². The van der Waals surface area contributed by atoms with Crippen LogP contribution in [0.5, 0.6) is 5.75 Å². The highest BCUT2D eigenvalue weighted by Crippen LogP contribution is 2.08. The first kappa shape index (κ1) is 10.6. The van der Waals surface area contributed by atoms with Crippen molar-refractivity contribution < 1.29 is 9.15 Å². The average Bonchev–Trinajstić information content (AvgIpc) is 2.26. The second kappa shape index (κ2) is 4.64. The Kier molecular flexibility index (Phi) is 3.26. The van der Waals surface area contributed by atoms with E-state index in [1.165, 1.54) is 13.2 Å². The normalized spacial score (nSPS) is 8.47. The number of methoxy groups -OCH3 is 1. The Balaban J connectivity index is 3.17. The predicted octanol–water partition coefficient (Wildman–Crippen LogP) is 1.08. The van der Waals surface area contributed by atoms with Crippen molar-refractivity contribution in [2.45, 2.75) is 0 Å². The van der Waals surface area contributed by atoms with Gasteiger partial charge >= 0.3 is 0 Å². The van der Waals surface area contributed by atoms with Crippen molar-refractivity contribution >= 4 is 6.08 Å². The van der Waals surface area contributed by atoms with Crippen LogP contribution in [0.25, 0.3) is 6.08 Å². The molecule has 0 aliphatic rings. The zero-order valence-corrected chi connectivity index (χ0v) is 7.85. The fraction of sp³-hybridized carbons (Fsp3) is 0.100. The standard InChI is InChI=1S/C10H6N2O3/c1-14-10-6-15-8(3-9(10)13)2-7(4-11)5-12/h2-3,6H,1H3. The molecule has 0 spiro atoms. The second-order valence-corrected chi connectivity index (χ2v) is 2.50. The topological polar surface area (TPSA) is 87.0 Å². The predicted molar refractivity (Wildman–Crippen MR) is 50.7 cm³/mol. The van der Waals surface area contributed by atoms with Crippen LogP contribution >= 0.6 is 0 Å². The van der Waals surface area contributed by atoms with E-state index in [2.05, 4.69) is 0 Å². The molecule has 0 N–H and O–H groups in total. The van der Waals surface area contributed by atoms with E-state index in [1.54, 1.807) is 12.1 Å². The van der Waals surface area contributed by atoms with Gasteiger partial charge in [0.15, 0.2) is 0 Å². The Hall–Kier alpha value is -2.53. The molecule has 0 saturated heterocycles. The van der Waals surface area contributed by atoms with E-state index in [4.69, 9.17) is 19.7 Å². The van der Waals surface area contributed by atoms with Gasteiger partial charge in [0.2, 0.25) is 11.2 Å². The summed E-state index contributed by atoms with van der Waals surface area (Å²) in [6.07, 6.45) is 2.31. The molecule has 0 unspecified atom stereocenters. The maximum absolute atomic E-state index is 11.2. The summed E-state index contributed by atoms with van der Waals surface area (Å²) < 4.78 is 9.66. The van der Waals surface area contributed by atoms with Crippen molar-refractivity contribution in [3.8, 4) is 17.9 Å². The lowest BCUT2D eigenvalue weighted by Gasteiger charge is -1.97. The van der Waals surface area contributed by atoms with Crippen LogP contribution in [0.2, 0.25) is 0 Å². The van der Waals surface area contributed by atoms with Gasteiger partial charge < -0.3 is 9.15 Å². The molecule has 0 amide bonds. The Morgan fingerprint density at radius 1 is 1.53 bits per heavy atom. The molecule has 0 bridgehead atoms. The highest BCUT2D eigenvalue weighted by atomic mass is 16.5. The summed E-state index contributed by atoms with van der Waals surface area (Å²) in [7, 11) is 1.34. The van der Waals surface area contributed by atoms with E-state index < -0.39 is 0 Å². The fourth-order valence-corrected chi connectivity index (χ4v) is 0.870. The van der Waals surface area contributed by atoms with Gasteiger partial charge in [-0.2, -0.15) is 10.5 Å². The summed E-state index contributed by atoms with van der Waals surface area (Å²) in [6, 6.07) is 4.46. The second-order valence-electron chi connectivity index (χ2n) is 2.50. The number of rotatable bonds is 2. The first-order valence-corrected chi connectivity index (χ1v) is 3.90. The van der Waals surface area contributed by atoms with Gasteiger partial charge in [-0.15, -0.1) is 0 Å². The van der Waals surface area contributed by atoms with Crippen molar-refractivity contribution in [1.82, 2.24) is 0 Å². The molecule has 0 saturated carbocycles. The minimum Gasteiger partial charge on any atom is -0.490 e. The summed E-state index contributed by atoms with van der Waals surface area (Å²) >= 11 is 0. The molecule has 0 atom stereocenters. The average molecular weight is 202 g/mol. The molecule has 5 heteroatoms. The quantitative estimate of drug-likeness (QED) is 0.669. The van der Waals surface area contributed by atoms with Gasteiger partial charge in [0.1, 0.15) is 29.7 Å². The van der Waals surface area contributed by atoms with E-state index in [-0.39, 0.29) is 22.5 Å². The number of hydrogen-bond donors (Lipinski definition) is 0. The third kappa shape index (κ3) is 2.45. The van der Waals surface area contributed by atoms with E-state index in [9.17, 15) is 4.79 Å². The van der Waals surface area contributed by atoms with Crippen LogP contribution < -0.4 is 10.2 Å². The molecule has 15 heavy (non-hydrogen) atoms. The molecule has 0 aliphatic heterocycles. The number of nitriles is 2. The molecule has 1 aromatic heterocycles. The van der Waals surface area contributed by atoms with Crippen LogP contribution in [-0.4, -0.2) is 7.11 Å². The van der Waals surface area contributed by atoms with Gasteiger partial charge in [-0.3, -0.25) is 4.79 Å². The lowest BCUT2D eigenvalue weighted by atomic mass is 10.2. The van der Waals surface area contributed by atoms with Gasteiger partial charge in [-0.05, 0) is 0 Å². The number of ether oxygens (including phenoxy) is 1. The van der Waals surface area contributed by atoms with Crippen LogP contribution in [0.1, 0.15) is 5.76 Å². The summed E-state index contributed by atoms with van der Waals surface area (Å²) in [6.45, 7) is 0. The Labute approximate surface area is 85.4 Å². The van der Waals surface area contributed by atoms with Gasteiger partial charge in [-0.25, -0.2) is 0 Å². The van der Waals surface area contributed by atoms with E-state index in [0.717, 1.165) is 12.3 Å². The van der Waals surface area contributed by atoms with Crippen LogP contribution in [0, 0.1) is 22.7 Å². The van der Waals surface area contributed by atoms with E-state index in [1.807, 2.05) is 0 Å². The molecule has 0 aromatic carbocycles. The third-order valence-corrected chi connectivity index (χ3v) is 1.57. The number of allylic oxidation sites excluding steroid dienone is 1. The number of nitrogens with zero attached hydrogens (tertiary/aromatic N) is 2. The van der Waals surface area contributed by atoms with Gasteiger partial charge in [0, 0.05) is 12.1 Å². The van der Waals surface area contributed by atoms with Gasteiger partial charge in [0.25, 0.3) is 0 Å². The molecule has 0 aliphatic carbocycles. The van der Waals surface area contributed by atoms with Crippen LogP contribution in [-0.2, 0) is 0 Å². The smallest absolute Gasteiger partial charge is 0.227 e. The zero-order chi connectivity index (χ0) is 11.3. The molecule has 1 heterocycles. The highest BCUT2D eigenvalue weighted by molar-refractivity contribution is 5.58. The third-order valence-electron chi connectivity index (χ3n) is 1.57. The molecular weight excluding hydrogens is 196 g/mol. The SMILES string of the molecule is COc1coc(C=C(C#N)C#N)cc1=O. The zero-order valence-electron chi connectivity index (χ0n) is 7.85. The molecule has 1 rings (SSSR count). The van der Waals surface area contributed by atoms with E-state index >= 15 is 0 Å². The monoisotopic (exact) mass is 202 g/mol.